The molecule has 0 unspecified atom stereocenters. The van der Waals surface area contributed by atoms with Crippen LogP contribution in [0, 0.1) is 0 Å². The predicted octanol–water partition coefficient (Wildman–Crippen LogP) is -0.202. The number of β-amino-alcohol motifs (C(OH)–C–C–N with tert-alkyl or cyclic N) is 1. The molecule has 4 rings (SSSR count). The zero-order valence-corrected chi connectivity index (χ0v) is 14.6. The standard InChI is InChI=1S/C18H20N4O5/c23-11-7-10(8-22(9-11)18(26)13-5-6-15(24)20-13)19-16(25)17-21-12-3-1-2-4-14(12)27-17/h1-4,10-11,13,23H,5-9H2,(H,19,25)(H,20,24)/t10-,11+,13-/m0/s1. The van der Waals surface area contributed by atoms with Gasteiger partial charge in [-0.2, -0.15) is 0 Å². The minimum absolute atomic E-state index is 0.0582. The van der Waals surface area contributed by atoms with Crippen LogP contribution in [0.1, 0.15) is 29.9 Å². The van der Waals surface area contributed by atoms with Crippen LogP contribution in [0.2, 0.25) is 0 Å². The van der Waals surface area contributed by atoms with Crippen molar-refractivity contribution in [1.82, 2.24) is 20.5 Å². The van der Waals surface area contributed by atoms with Gasteiger partial charge in [0.15, 0.2) is 5.58 Å². The lowest BCUT2D eigenvalue weighted by Gasteiger charge is -2.37. The van der Waals surface area contributed by atoms with Crippen LogP contribution < -0.4 is 10.6 Å². The maximum absolute atomic E-state index is 12.6. The number of carbonyl (C=O) groups excluding carboxylic acids is 3. The van der Waals surface area contributed by atoms with E-state index in [1.807, 2.05) is 0 Å². The lowest BCUT2D eigenvalue weighted by Crippen LogP contribution is -2.57. The van der Waals surface area contributed by atoms with Crippen LogP contribution in [0.4, 0.5) is 0 Å². The number of oxazole rings is 1. The van der Waals surface area contributed by atoms with Crippen LogP contribution >= 0.6 is 0 Å². The van der Waals surface area contributed by atoms with Gasteiger partial charge < -0.3 is 25.1 Å². The van der Waals surface area contributed by atoms with Gasteiger partial charge >= 0.3 is 5.91 Å². The molecular formula is C18H20N4O5. The van der Waals surface area contributed by atoms with Crippen molar-refractivity contribution in [3.8, 4) is 0 Å². The molecule has 0 radical (unpaired) electrons. The molecule has 2 saturated heterocycles. The zero-order valence-electron chi connectivity index (χ0n) is 14.6. The number of rotatable bonds is 3. The van der Waals surface area contributed by atoms with Crippen LogP contribution in [0.15, 0.2) is 28.7 Å². The molecule has 3 heterocycles. The van der Waals surface area contributed by atoms with Gasteiger partial charge in [-0.05, 0) is 25.0 Å². The van der Waals surface area contributed by atoms with Crippen molar-refractivity contribution >= 4 is 28.8 Å². The van der Waals surface area contributed by atoms with Gasteiger partial charge in [-0.15, -0.1) is 0 Å². The topological polar surface area (TPSA) is 125 Å². The lowest BCUT2D eigenvalue weighted by atomic mass is 10.0. The summed E-state index contributed by atoms with van der Waals surface area (Å²) in [7, 11) is 0. The molecule has 3 atom stereocenters. The molecular weight excluding hydrogens is 352 g/mol. The third-order valence-corrected chi connectivity index (χ3v) is 4.86. The minimum atomic E-state index is -0.756. The quantitative estimate of drug-likeness (QED) is 0.685. The number of carbonyl (C=O) groups is 3. The Morgan fingerprint density at radius 3 is 2.85 bits per heavy atom. The number of aliphatic hydroxyl groups is 1. The van der Waals surface area contributed by atoms with Gasteiger partial charge in [-0.1, -0.05) is 12.1 Å². The van der Waals surface area contributed by atoms with Crippen molar-refractivity contribution < 1.29 is 23.9 Å². The summed E-state index contributed by atoms with van der Waals surface area (Å²) in [6.45, 7) is 0.439. The zero-order chi connectivity index (χ0) is 19.0. The van der Waals surface area contributed by atoms with Crippen LogP contribution in [0.5, 0.6) is 0 Å². The first kappa shape index (κ1) is 17.5. The summed E-state index contributed by atoms with van der Waals surface area (Å²) >= 11 is 0. The Morgan fingerprint density at radius 2 is 2.11 bits per heavy atom. The van der Waals surface area contributed by atoms with Crippen molar-refractivity contribution in [2.24, 2.45) is 0 Å². The van der Waals surface area contributed by atoms with E-state index < -0.39 is 24.1 Å². The van der Waals surface area contributed by atoms with E-state index in [1.54, 1.807) is 24.3 Å². The summed E-state index contributed by atoms with van der Waals surface area (Å²) < 4.78 is 5.45. The van der Waals surface area contributed by atoms with E-state index in [2.05, 4.69) is 15.6 Å². The fourth-order valence-corrected chi connectivity index (χ4v) is 3.59. The van der Waals surface area contributed by atoms with E-state index >= 15 is 0 Å². The van der Waals surface area contributed by atoms with Gasteiger partial charge in [0.1, 0.15) is 11.6 Å². The summed E-state index contributed by atoms with van der Waals surface area (Å²) in [4.78, 5) is 42.0. The van der Waals surface area contributed by atoms with Gasteiger partial charge in [0.25, 0.3) is 5.89 Å². The van der Waals surface area contributed by atoms with Gasteiger partial charge in [0, 0.05) is 25.6 Å². The first-order valence-electron chi connectivity index (χ1n) is 8.92. The Bertz CT molecular complexity index is 862. The second-order valence-electron chi connectivity index (χ2n) is 6.95. The molecule has 3 amide bonds. The third kappa shape index (κ3) is 3.63. The summed E-state index contributed by atoms with van der Waals surface area (Å²) in [5.74, 6) is -0.934. The van der Waals surface area contributed by atoms with E-state index in [0.29, 0.717) is 30.4 Å². The number of amides is 3. The first-order chi connectivity index (χ1) is 13.0. The maximum atomic E-state index is 12.6. The van der Waals surface area contributed by atoms with Crippen molar-refractivity contribution in [3.63, 3.8) is 0 Å². The Hall–Kier alpha value is -2.94. The molecule has 2 aromatic rings. The summed E-state index contributed by atoms with van der Waals surface area (Å²) in [6.07, 6.45) is 0.343. The molecule has 1 aromatic heterocycles. The number of likely N-dealkylation sites (tertiary alicyclic amines) is 1. The highest BCUT2D eigenvalue weighted by Gasteiger charge is 2.36. The van der Waals surface area contributed by atoms with Crippen molar-refractivity contribution in [3.05, 3.63) is 30.2 Å². The minimum Gasteiger partial charge on any atom is -0.432 e. The molecule has 1 aromatic carbocycles. The summed E-state index contributed by atoms with van der Waals surface area (Å²) in [5.41, 5.74) is 1.10. The van der Waals surface area contributed by atoms with E-state index in [-0.39, 0.29) is 30.8 Å². The Kier molecular flexibility index (Phi) is 4.53. The molecule has 0 saturated carbocycles. The fourth-order valence-electron chi connectivity index (χ4n) is 3.59. The molecule has 3 N–H and O–H groups in total. The maximum Gasteiger partial charge on any atom is 0.307 e. The molecule has 2 fully saturated rings. The van der Waals surface area contributed by atoms with Crippen LogP contribution in [0.3, 0.4) is 0 Å². The number of fused-ring (bicyclic) bond motifs is 1. The molecule has 9 heteroatoms. The van der Waals surface area contributed by atoms with Crippen molar-refractivity contribution in [1.29, 1.82) is 0 Å². The van der Waals surface area contributed by atoms with Gasteiger partial charge in [-0.3, -0.25) is 14.4 Å². The number of nitrogens with one attached hydrogen (secondary N) is 2. The van der Waals surface area contributed by atoms with Crippen molar-refractivity contribution in [2.75, 3.05) is 13.1 Å². The third-order valence-electron chi connectivity index (χ3n) is 4.86. The second kappa shape index (κ2) is 6.99. The number of hydrogen-bond donors (Lipinski definition) is 3. The largest absolute Gasteiger partial charge is 0.432 e. The monoisotopic (exact) mass is 372 g/mol. The van der Waals surface area contributed by atoms with Crippen LogP contribution in [-0.2, 0) is 9.59 Å². The SMILES string of the molecule is O=C1CC[C@@H](C(=O)N2C[C@H](O)C[C@H](NC(=O)c3nc4ccccc4o3)C2)N1. The van der Waals surface area contributed by atoms with E-state index in [4.69, 9.17) is 4.42 Å². The molecule has 0 spiro atoms. The number of hydrogen-bond acceptors (Lipinski definition) is 6. The van der Waals surface area contributed by atoms with E-state index in [9.17, 15) is 19.5 Å². The number of benzene rings is 1. The fraction of sp³-hybridized carbons (Fsp3) is 0.444. The molecule has 27 heavy (non-hydrogen) atoms. The predicted molar refractivity (Wildman–Crippen MR) is 93.6 cm³/mol. The number of aliphatic hydroxyl groups excluding tert-OH is 1. The second-order valence-corrected chi connectivity index (χ2v) is 6.95. The van der Waals surface area contributed by atoms with Crippen LogP contribution in [0.25, 0.3) is 11.1 Å². The number of piperidine rings is 1. The van der Waals surface area contributed by atoms with Gasteiger partial charge in [-0.25, -0.2) is 4.98 Å². The molecule has 0 bridgehead atoms. The molecule has 0 aliphatic carbocycles. The summed E-state index contributed by atoms with van der Waals surface area (Å²) in [6, 6.07) is 6.07. The highest BCUT2D eigenvalue weighted by atomic mass is 16.4. The van der Waals surface area contributed by atoms with Gasteiger partial charge in [0.05, 0.1) is 6.10 Å². The van der Waals surface area contributed by atoms with Crippen LogP contribution in [-0.4, -0.2) is 64.0 Å². The molecule has 2 aliphatic heterocycles. The number of nitrogens with zero attached hydrogens (tertiary/aromatic N) is 2. The normalized spacial score (nSPS) is 25.4. The Morgan fingerprint density at radius 1 is 1.30 bits per heavy atom. The number of aromatic nitrogens is 1. The smallest absolute Gasteiger partial charge is 0.307 e. The average molecular weight is 372 g/mol. The molecule has 142 valence electrons. The lowest BCUT2D eigenvalue weighted by molar-refractivity contribution is -0.137. The van der Waals surface area contributed by atoms with Crippen molar-refractivity contribution in [2.45, 2.75) is 37.5 Å². The Labute approximate surface area is 154 Å². The van der Waals surface area contributed by atoms with E-state index in [0.717, 1.165) is 0 Å². The van der Waals surface area contributed by atoms with E-state index in [1.165, 1.54) is 4.90 Å². The number of para-hydroxylation sites is 2. The first-order valence-corrected chi connectivity index (χ1v) is 8.92. The molecule has 9 nitrogen and oxygen atoms in total. The average Bonchev–Trinajstić information content (AvgIpc) is 3.26. The molecule has 2 aliphatic rings. The Balaban J connectivity index is 1.42. The highest BCUT2D eigenvalue weighted by Crippen LogP contribution is 2.18. The highest BCUT2D eigenvalue weighted by molar-refractivity contribution is 5.93. The van der Waals surface area contributed by atoms with Gasteiger partial charge in [0.2, 0.25) is 11.8 Å². The summed E-state index contributed by atoms with van der Waals surface area (Å²) in [5, 5.41) is 15.5.